The van der Waals surface area contributed by atoms with Crippen molar-refractivity contribution in [3.05, 3.63) is 0 Å². The Morgan fingerprint density at radius 3 is 2.21 bits per heavy atom. The van der Waals surface area contributed by atoms with E-state index in [1.54, 1.807) is 0 Å². The van der Waals surface area contributed by atoms with Gasteiger partial charge in [-0.25, -0.2) is 0 Å². The molecule has 14 heavy (non-hydrogen) atoms. The minimum atomic E-state index is -5.03. The lowest BCUT2D eigenvalue weighted by molar-refractivity contribution is -0.364. The number of alkyl halides is 3. The Labute approximate surface area is 78.6 Å². The van der Waals surface area contributed by atoms with Crippen LogP contribution in [0, 0.1) is 0 Å². The van der Waals surface area contributed by atoms with Crippen molar-refractivity contribution in [2.45, 2.75) is 25.3 Å². The molecule has 1 atom stereocenters. The van der Waals surface area contributed by atoms with Crippen LogP contribution in [0.15, 0.2) is 0 Å². The zero-order chi connectivity index (χ0) is 11.4. The highest BCUT2D eigenvalue weighted by Gasteiger charge is 2.56. The van der Waals surface area contributed by atoms with E-state index in [4.69, 9.17) is 5.11 Å². The van der Waals surface area contributed by atoms with Gasteiger partial charge in [-0.3, -0.25) is 4.79 Å². The van der Waals surface area contributed by atoms with Crippen LogP contribution in [0.25, 0.3) is 0 Å². The van der Waals surface area contributed by atoms with Crippen LogP contribution < -0.4 is 0 Å². The third-order valence-corrected chi connectivity index (χ3v) is 1.44. The molecule has 0 aromatic heterocycles. The predicted octanol–water partition coefficient (Wildman–Crippen LogP) is 0.837. The first-order chi connectivity index (χ1) is 6.27. The number of esters is 1. The van der Waals surface area contributed by atoms with Gasteiger partial charge in [0.05, 0.1) is 7.11 Å². The average Bonchev–Trinajstić information content (AvgIpc) is 2.02. The number of rotatable bonds is 4. The van der Waals surface area contributed by atoms with Crippen LogP contribution in [0.5, 0.6) is 0 Å². The molecule has 1 N–H and O–H groups in total. The van der Waals surface area contributed by atoms with Crippen LogP contribution in [0.3, 0.4) is 0 Å². The zero-order valence-corrected chi connectivity index (χ0v) is 7.72. The molecule has 1 unspecified atom stereocenters. The van der Waals surface area contributed by atoms with Crippen molar-refractivity contribution in [1.29, 1.82) is 0 Å². The molecule has 0 heterocycles. The van der Waals surface area contributed by atoms with E-state index in [1.165, 1.54) is 6.92 Å². The number of hydrogen-bond acceptors (Lipinski definition) is 4. The van der Waals surface area contributed by atoms with Crippen molar-refractivity contribution in [3.8, 4) is 0 Å². The van der Waals surface area contributed by atoms with Crippen LogP contribution in [0.2, 0.25) is 0 Å². The van der Waals surface area contributed by atoms with Gasteiger partial charge in [0.15, 0.2) is 0 Å². The number of carbonyl (C=O) groups is 1. The molecule has 0 aromatic carbocycles. The van der Waals surface area contributed by atoms with E-state index in [9.17, 15) is 18.0 Å². The summed E-state index contributed by atoms with van der Waals surface area (Å²) in [5.74, 6) is -4.66. The maximum Gasteiger partial charge on any atom is 0.443 e. The summed E-state index contributed by atoms with van der Waals surface area (Å²) in [6, 6.07) is 0. The van der Waals surface area contributed by atoms with E-state index < -0.39 is 24.4 Å². The van der Waals surface area contributed by atoms with Gasteiger partial charge >= 0.3 is 12.1 Å². The van der Waals surface area contributed by atoms with Crippen LogP contribution in [-0.2, 0) is 14.3 Å². The largest absolute Gasteiger partial charge is 0.469 e. The van der Waals surface area contributed by atoms with Crippen LogP contribution in [0.4, 0.5) is 13.2 Å². The molecule has 84 valence electrons. The topological polar surface area (TPSA) is 55.8 Å². The van der Waals surface area contributed by atoms with Gasteiger partial charge in [0, 0.05) is 6.61 Å². The number of ether oxygens (including phenoxy) is 2. The van der Waals surface area contributed by atoms with Gasteiger partial charge in [-0.2, -0.15) is 13.2 Å². The molecule has 0 aromatic rings. The molecule has 0 radical (unpaired) electrons. The van der Waals surface area contributed by atoms with E-state index >= 15 is 0 Å². The van der Waals surface area contributed by atoms with Gasteiger partial charge in [-0.1, -0.05) is 0 Å². The van der Waals surface area contributed by atoms with Gasteiger partial charge in [0.25, 0.3) is 5.79 Å². The Bertz CT molecular complexity index is 204. The minimum absolute atomic E-state index is 0.368. The van der Waals surface area contributed by atoms with Gasteiger partial charge in [-0.05, 0) is 6.92 Å². The highest BCUT2D eigenvalue weighted by molar-refractivity contribution is 5.70. The third-order valence-electron chi connectivity index (χ3n) is 1.44. The summed E-state index contributed by atoms with van der Waals surface area (Å²) in [6.07, 6.45) is -6.31. The first-order valence-electron chi connectivity index (χ1n) is 3.76. The highest BCUT2D eigenvalue weighted by atomic mass is 19.4. The Hall–Kier alpha value is -0.820. The number of carbonyl (C=O) groups excluding carboxylic acids is 1. The summed E-state index contributed by atoms with van der Waals surface area (Å²) in [5.41, 5.74) is 0. The smallest absolute Gasteiger partial charge is 0.443 e. The average molecular weight is 216 g/mol. The first kappa shape index (κ1) is 13.2. The molecule has 0 bridgehead atoms. The first-order valence-corrected chi connectivity index (χ1v) is 3.76. The Morgan fingerprint density at radius 1 is 1.43 bits per heavy atom. The monoisotopic (exact) mass is 216 g/mol. The molecule has 4 nitrogen and oxygen atoms in total. The Balaban J connectivity index is 4.64. The lowest BCUT2D eigenvalue weighted by Gasteiger charge is -2.28. The molecule has 0 saturated carbocycles. The van der Waals surface area contributed by atoms with Crippen molar-refractivity contribution < 1.29 is 32.5 Å². The summed E-state index contributed by atoms with van der Waals surface area (Å²) in [5, 5.41) is 9.00. The van der Waals surface area contributed by atoms with E-state index in [2.05, 4.69) is 9.47 Å². The molecular formula is C7H11F3O4. The number of halogens is 3. The molecule has 0 spiro atoms. The summed E-state index contributed by atoms with van der Waals surface area (Å²) < 4.78 is 44.7. The van der Waals surface area contributed by atoms with Gasteiger partial charge in [0.2, 0.25) is 0 Å². The normalized spacial score (nSPS) is 16.1. The third kappa shape index (κ3) is 3.15. The molecule has 0 rings (SSSR count). The van der Waals surface area contributed by atoms with Gasteiger partial charge in [0.1, 0.15) is 6.42 Å². The van der Waals surface area contributed by atoms with Crippen LogP contribution >= 0.6 is 0 Å². The van der Waals surface area contributed by atoms with E-state index in [-0.39, 0.29) is 6.61 Å². The Kier molecular flexibility index (Phi) is 4.34. The summed E-state index contributed by atoms with van der Waals surface area (Å²) >= 11 is 0. The zero-order valence-electron chi connectivity index (χ0n) is 7.72. The van der Waals surface area contributed by atoms with Gasteiger partial charge in [-0.15, -0.1) is 0 Å². The second kappa shape index (κ2) is 4.61. The number of hydrogen-bond donors (Lipinski definition) is 1. The molecule has 0 aliphatic carbocycles. The van der Waals surface area contributed by atoms with E-state index in [0.717, 1.165) is 7.11 Å². The van der Waals surface area contributed by atoms with Crippen molar-refractivity contribution in [2.75, 3.05) is 13.7 Å². The fourth-order valence-corrected chi connectivity index (χ4v) is 0.740. The lowest BCUT2D eigenvalue weighted by atomic mass is 10.2. The quantitative estimate of drug-likeness (QED) is 0.558. The van der Waals surface area contributed by atoms with E-state index in [0.29, 0.717) is 0 Å². The van der Waals surface area contributed by atoms with E-state index in [1.807, 2.05) is 0 Å². The maximum atomic E-state index is 12.2. The molecule has 0 saturated heterocycles. The molecule has 0 aliphatic rings. The number of aliphatic hydroxyl groups is 1. The van der Waals surface area contributed by atoms with Crippen molar-refractivity contribution in [2.24, 2.45) is 0 Å². The molecule has 0 fully saturated rings. The van der Waals surface area contributed by atoms with Crippen molar-refractivity contribution in [3.63, 3.8) is 0 Å². The highest BCUT2D eigenvalue weighted by Crippen LogP contribution is 2.34. The molecule has 0 amide bonds. The minimum Gasteiger partial charge on any atom is -0.469 e. The van der Waals surface area contributed by atoms with Crippen molar-refractivity contribution >= 4 is 5.97 Å². The molecule has 0 aliphatic heterocycles. The molecular weight excluding hydrogens is 205 g/mol. The summed E-state index contributed by atoms with van der Waals surface area (Å²) in [6.45, 7) is 0.904. The Morgan fingerprint density at radius 2 is 1.93 bits per heavy atom. The van der Waals surface area contributed by atoms with Gasteiger partial charge < -0.3 is 14.6 Å². The standard InChI is InChI=1S/C7H11F3O4/c1-3-14-6(12,7(8,9)10)4-5(11)13-2/h12H,3-4H2,1-2H3. The second-order valence-corrected chi connectivity index (χ2v) is 2.47. The van der Waals surface area contributed by atoms with Crippen LogP contribution in [0.1, 0.15) is 13.3 Å². The fourth-order valence-electron chi connectivity index (χ4n) is 0.740. The maximum absolute atomic E-state index is 12.2. The summed E-state index contributed by atoms with van der Waals surface area (Å²) in [4.78, 5) is 10.6. The van der Waals surface area contributed by atoms with Crippen LogP contribution in [-0.4, -0.2) is 36.8 Å². The predicted molar refractivity (Wildman–Crippen MR) is 39.3 cm³/mol. The second-order valence-electron chi connectivity index (χ2n) is 2.47. The molecule has 7 heteroatoms. The summed E-state index contributed by atoms with van der Waals surface area (Å²) in [7, 11) is 0.922. The lowest BCUT2D eigenvalue weighted by Crippen LogP contribution is -2.49. The van der Waals surface area contributed by atoms with Crippen molar-refractivity contribution in [1.82, 2.24) is 0 Å². The fraction of sp³-hybridized carbons (Fsp3) is 0.857. The SMILES string of the molecule is CCOC(O)(CC(=O)OC)C(F)(F)F. The number of methoxy groups -OCH3 is 1.